The van der Waals surface area contributed by atoms with Crippen molar-refractivity contribution in [3.63, 3.8) is 0 Å². The quantitative estimate of drug-likeness (QED) is 0.560. The van der Waals surface area contributed by atoms with E-state index in [1.807, 2.05) is 6.92 Å². The van der Waals surface area contributed by atoms with Gasteiger partial charge in [-0.2, -0.15) is 0 Å². The lowest BCUT2D eigenvalue weighted by atomic mass is 10.7. The van der Waals surface area contributed by atoms with Gasteiger partial charge in [0.2, 0.25) is 0 Å². The van der Waals surface area contributed by atoms with Crippen LogP contribution in [-0.2, 0) is 8.85 Å². The summed E-state index contributed by atoms with van der Waals surface area (Å²) >= 11 is 0. The summed E-state index contributed by atoms with van der Waals surface area (Å²) in [5, 5.41) is 2.57. The maximum absolute atomic E-state index is 10.8. The molecule has 0 aliphatic rings. The molecule has 0 aromatic rings. The molecule has 0 aromatic heterocycles. The molecule has 0 aliphatic heterocycles. The first-order chi connectivity index (χ1) is 5.24. The van der Waals surface area contributed by atoms with Crippen molar-refractivity contribution in [3.05, 3.63) is 0 Å². The van der Waals surface area contributed by atoms with Gasteiger partial charge in [0, 0.05) is 20.8 Å². The molecule has 6 heteroatoms. The van der Waals surface area contributed by atoms with Gasteiger partial charge in [0.1, 0.15) is 0 Å². The molecule has 0 atom stereocenters. The maximum atomic E-state index is 10.8. The lowest BCUT2D eigenvalue weighted by molar-refractivity contribution is 0.232. The van der Waals surface area contributed by atoms with Gasteiger partial charge in [-0.05, 0) is 6.92 Å². The fourth-order valence-electron chi connectivity index (χ4n) is 0.533. The van der Waals surface area contributed by atoms with Gasteiger partial charge in [-0.1, -0.05) is 0 Å². The molecule has 11 heavy (non-hydrogen) atoms. The van der Waals surface area contributed by atoms with Gasteiger partial charge in [-0.3, -0.25) is 0 Å². The van der Waals surface area contributed by atoms with Gasteiger partial charge in [0.25, 0.3) is 0 Å². The summed E-state index contributed by atoms with van der Waals surface area (Å²) in [5.41, 5.74) is 0. The minimum atomic E-state index is -1.94. The minimum Gasteiger partial charge on any atom is -0.384 e. The molecule has 0 rings (SSSR count). The molecule has 0 radical (unpaired) electrons. The molecule has 2 N–H and O–H groups in total. The van der Waals surface area contributed by atoms with Gasteiger partial charge in [-0.15, -0.1) is 0 Å². The molecule has 5 nitrogen and oxygen atoms in total. The largest absolute Gasteiger partial charge is 0.443 e. The molecule has 0 unspecified atom stereocenters. The minimum absolute atomic E-state index is 0.243. The molecule has 66 valence electrons. The van der Waals surface area contributed by atoms with Crippen LogP contribution in [0.4, 0.5) is 4.79 Å². The number of hydrogen-bond acceptors (Lipinski definition) is 3. The van der Waals surface area contributed by atoms with E-state index in [1.54, 1.807) is 0 Å². The number of urea groups is 1. The molecule has 0 saturated heterocycles. The van der Waals surface area contributed by atoms with Crippen molar-refractivity contribution in [2.45, 2.75) is 6.92 Å². The molecule has 0 saturated carbocycles. The van der Waals surface area contributed by atoms with Crippen LogP contribution in [0.3, 0.4) is 0 Å². The second-order valence-electron chi connectivity index (χ2n) is 1.81. The highest BCUT2D eigenvalue weighted by Crippen LogP contribution is 1.77. The highest BCUT2D eigenvalue weighted by atomic mass is 28.3. The SMILES string of the molecule is CCNC(=O)N[SiH](OC)OC. The van der Waals surface area contributed by atoms with Crippen LogP contribution in [0, 0.1) is 0 Å². The van der Waals surface area contributed by atoms with E-state index in [9.17, 15) is 4.79 Å². The highest BCUT2D eigenvalue weighted by molar-refractivity contribution is 6.45. The van der Waals surface area contributed by atoms with Crippen molar-refractivity contribution in [2.24, 2.45) is 0 Å². The van der Waals surface area contributed by atoms with Crippen molar-refractivity contribution in [2.75, 3.05) is 20.8 Å². The molecule has 0 bridgehead atoms. The van der Waals surface area contributed by atoms with Crippen molar-refractivity contribution in [3.8, 4) is 0 Å². The fraction of sp³-hybridized carbons (Fsp3) is 0.800. The van der Waals surface area contributed by atoms with Crippen LogP contribution in [-0.4, -0.2) is 36.2 Å². The monoisotopic (exact) mass is 178 g/mol. The van der Waals surface area contributed by atoms with Crippen molar-refractivity contribution >= 4 is 15.5 Å². The summed E-state index contributed by atoms with van der Waals surface area (Å²) < 4.78 is 9.72. The summed E-state index contributed by atoms with van der Waals surface area (Å²) in [6.07, 6.45) is 0. The summed E-state index contributed by atoms with van der Waals surface area (Å²) in [6.45, 7) is 2.44. The topological polar surface area (TPSA) is 59.6 Å². The van der Waals surface area contributed by atoms with Crippen LogP contribution in [0.15, 0.2) is 0 Å². The van der Waals surface area contributed by atoms with Crippen molar-refractivity contribution in [1.29, 1.82) is 0 Å². The predicted octanol–water partition coefficient (Wildman–Crippen LogP) is -0.684. The van der Waals surface area contributed by atoms with Crippen LogP contribution in [0.5, 0.6) is 0 Å². The Balaban J connectivity index is 3.54. The van der Waals surface area contributed by atoms with Gasteiger partial charge in [0.15, 0.2) is 0 Å². The molecule has 0 aromatic carbocycles. The molecule has 2 amide bonds. The summed E-state index contributed by atoms with van der Waals surface area (Å²) in [6, 6.07) is -0.243. The average molecular weight is 178 g/mol. The Kier molecular flexibility index (Phi) is 5.81. The van der Waals surface area contributed by atoms with Crippen LogP contribution in [0.1, 0.15) is 6.92 Å². The normalized spacial score (nSPS) is 9.82. The Morgan fingerprint density at radius 2 is 2.00 bits per heavy atom. The first-order valence-corrected chi connectivity index (χ1v) is 4.86. The Morgan fingerprint density at radius 3 is 2.36 bits per heavy atom. The van der Waals surface area contributed by atoms with Crippen LogP contribution < -0.4 is 10.3 Å². The van der Waals surface area contributed by atoms with Crippen LogP contribution >= 0.6 is 0 Å². The summed E-state index contributed by atoms with van der Waals surface area (Å²) in [5.74, 6) is 0. The Labute approximate surface area is 68.0 Å². The number of amides is 2. The third-order valence-corrected chi connectivity index (χ3v) is 2.37. The van der Waals surface area contributed by atoms with E-state index in [0.29, 0.717) is 6.54 Å². The Bertz CT molecular complexity index is 118. The van der Waals surface area contributed by atoms with E-state index >= 15 is 0 Å². The zero-order valence-corrected chi connectivity index (χ0v) is 8.16. The number of hydrogen-bond donors (Lipinski definition) is 2. The number of carbonyl (C=O) groups excluding carboxylic acids is 1. The number of nitrogens with one attached hydrogen (secondary N) is 2. The molecule has 0 spiro atoms. The lowest BCUT2D eigenvalue weighted by Gasteiger charge is -2.11. The van der Waals surface area contributed by atoms with Crippen molar-refractivity contribution < 1.29 is 13.6 Å². The number of carbonyl (C=O) groups is 1. The zero-order chi connectivity index (χ0) is 8.69. The Morgan fingerprint density at radius 1 is 1.45 bits per heavy atom. The van der Waals surface area contributed by atoms with Gasteiger partial charge in [0.05, 0.1) is 0 Å². The predicted molar refractivity (Wildman–Crippen MR) is 43.4 cm³/mol. The zero-order valence-electron chi connectivity index (χ0n) is 7.01. The van der Waals surface area contributed by atoms with E-state index in [2.05, 4.69) is 10.3 Å². The Hall–Kier alpha value is -0.593. The van der Waals surface area contributed by atoms with Gasteiger partial charge >= 0.3 is 15.5 Å². The van der Waals surface area contributed by atoms with E-state index in [4.69, 9.17) is 8.85 Å². The lowest BCUT2D eigenvalue weighted by Crippen LogP contribution is -2.47. The highest BCUT2D eigenvalue weighted by Gasteiger charge is 2.12. The third-order valence-electron chi connectivity index (χ3n) is 1.01. The first-order valence-electron chi connectivity index (χ1n) is 3.34. The molecule has 0 heterocycles. The van der Waals surface area contributed by atoms with Crippen LogP contribution in [0.25, 0.3) is 0 Å². The molecular formula is C5H14N2O3Si. The van der Waals surface area contributed by atoms with Gasteiger partial charge in [-0.25, -0.2) is 4.79 Å². The fourth-order valence-corrected chi connectivity index (χ4v) is 1.28. The van der Waals surface area contributed by atoms with E-state index in [-0.39, 0.29) is 6.03 Å². The second-order valence-corrected chi connectivity index (χ2v) is 3.70. The standard InChI is InChI=1S/C5H14N2O3Si/c1-4-6-5(8)7-11(9-2)10-3/h11H,4H2,1-3H3,(H2,6,7,8). The molecule has 0 aliphatic carbocycles. The van der Waals surface area contributed by atoms with Gasteiger partial charge < -0.3 is 19.2 Å². The number of rotatable bonds is 4. The van der Waals surface area contributed by atoms with E-state index in [0.717, 1.165) is 0 Å². The average Bonchev–Trinajstić information content (AvgIpc) is 2.01. The maximum Gasteiger partial charge on any atom is 0.443 e. The van der Waals surface area contributed by atoms with Crippen LogP contribution in [0.2, 0.25) is 0 Å². The summed E-state index contributed by atoms with van der Waals surface area (Å²) in [4.78, 5) is 13.4. The second kappa shape index (κ2) is 6.14. The first kappa shape index (κ1) is 10.4. The molecule has 0 fully saturated rings. The summed E-state index contributed by atoms with van der Waals surface area (Å²) in [7, 11) is 1.07. The smallest absolute Gasteiger partial charge is 0.384 e. The van der Waals surface area contributed by atoms with E-state index < -0.39 is 9.45 Å². The van der Waals surface area contributed by atoms with E-state index in [1.165, 1.54) is 14.2 Å². The van der Waals surface area contributed by atoms with Crippen molar-refractivity contribution in [1.82, 2.24) is 10.3 Å². The third kappa shape index (κ3) is 4.77. The molecular weight excluding hydrogens is 164 g/mol.